The summed E-state index contributed by atoms with van der Waals surface area (Å²) in [5, 5.41) is 0. The number of rotatable bonds is 4. The van der Waals surface area contributed by atoms with Crippen LogP contribution in [0.5, 0.6) is 11.5 Å². The van der Waals surface area contributed by atoms with E-state index in [9.17, 15) is 0 Å². The molecule has 0 heterocycles. The molecule has 2 aromatic carbocycles. The van der Waals surface area contributed by atoms with Crippen LogP contribution in [0.25, 0.3) is 0 Å². The van der Waals surface area contributed by atoms with E-state index in [1.54, 1.807) is 0 Å². The number of benzene rings is 2. The van der Waals surface area contributed by atoms with E-state index in [1.807, 2.05) is 49.4 Å². The largest absolute Gasteiger partial charge is 0.457 e. The fourth-order valence-electron chi connectivity index (χ4n) is 2.04. The van der Waals surface area contributed by atoms with Crippen LogP contribution in [0.3, 0.4) is 0 Å². The first kappa shape index (κ1) is 13.6. The van der Waals surface area contributed by atoms with Gasteiger partial charge < -0.3 is 10.5 Å². The van der Waals surface area contributed by atoms with E-state index in [1.165, 1.54) is 5.56 Å². The molecule has 2 N–H and O–H groups in total. The van der Waals surface area contributed by atoms with E-state index in [0.29, 0.717) is 5.92 Å². The van der Waals surface area contributed by atoms with Gasteiger partial charge in [-0.25, -0.2) is 0 Å². The van der Waals surface area contributed by atoms with Gasteiger partial charge in [-0.2, -0.15) is 0 Å². The average Bonchev–Trinajstić information content (AvgIpc) is 2.39. The molecule has 0 aliphatic carbocycles. The molecule has 0 fully saturated rings. The number of nitrogens with two attached hydrogens (primary N) is 1. The molecule has 0 aliphatic heterocycles. The van der Waals surface area contributed by atoms with E-state index in [0.717, 1.165) is 17.1 Å². The predicted octanol–water partition coefficient (Wildman–Crippen LogP) is 4.62. The Morgan fingerprint density at radius 1 is 0.947 bits per heavy atom. The summed E-state index contributed by atoms with van der Waals surface area (Å²) < 4.78 is 6.01. The van der Waals surface area contributed by atoms with Gasteiger partial charge in [-0.05, 0) is 42.2 Å². The Bertz CT molecular complexity index is 546. The van der Waals surface area contributed by atoms with Crippen molar-refractivity contribution in [2.45, 2.75) is 32.7 Å². The molecular weight excluding hydrogens is 234 g/mol. The minimum atomic E-state index is 0.0175. The van der Waals surface area contributed by atoms with E-state index >= 15 is 0 Å². The van der Waals surface area contributed by atoms with Crippen LogP contribution in [-0.2, 0) is 0 Å². The first-order valence-corrected chi connectivity index (χ1v) is 6.70. The Hall–Kier alpha value is -1.80. The van der Waals surface area contributed by atoms with E-state index in [2.05, 4.69) is 19.9 Å². The third-order valence-electron chi connectivity index (χ3n) is 3.15. The van der Waals surface area contributed by atoms with Crippen molar-refractivity contribution >= 4 is 0 Å². The zero-order valence-corrected chi connectivity index (χ0v) is 11.8. The monoisotopic (exact) mass is 255 g/mol. The third kappa shape index (κ3) is 3.36. The lowest BCUT2D eigenvalue weighted by Gasteiger charge is -2.14. The highest BCUT2D eigenvalue weighted by Gasteiger charge is 2.08. The normalized spacial score (nSPS) is 12.5. The van der Waals surface area contributed by atoms with Crippen molar-refractivity contribution < 1.29 is 4.74 Å². The first-order valence-electron chi connectivity index (χ1n) is 6.70. The molecule has 2 nitrogen and oxygen atoms in total. The van der Waals surface area contributed by atoms with Crippen LogP contribution in [0.15, 0.2) is 48.5 Å². The second-order valence-electron chi connectivity index (χ2n) is 5.16. The van der Waals surface area contributed by atoms with E-state index in [4.69, 9.17) is 10.5 Å². The molecular formula is C17H21NO. The minimum absolute atomic E-state index is 0.0175. The van der Waals surface area contributed by atoms with Gasteiger partial charge in [0, 0.05) is 6.04 Å². The van der Waals surface area contributed by atoms with E-state index < -0.39 is 0 Å². The van der Waals surface area contributed by atoms with Gasteiger partial charge in [0.15, 0.2) is 0 Å². The van der Waals surface area contributed by atoms with Crippen molar-refractivity contribution in [3.05, 3.63) is 59.7 Å². The van der Waals surface area contributed by atoms with Crippen LogP contribution in [0.1, 0.15) is 43.9 Å². The standard InChI is InChI=1S/C17H21NO/c1-12(2)16-9-4-5-10-17(16)19-15-8-6-7-14(11-15)13(3)18/h4-13H,18H2,1-3H3. The van der Waals surface area contributed by atoms with Gasteiger partial charge in [-0.3, -0.25) is 0 Å². The van der Waals surface area contributed by atoms with Gasteiger partial charge >= 0.3 is 0 Å². The SMILES string of the molecule is CC(C)c1ccccc1Oc1cccc(C(C)N)c1. The molecule has 0 saturated heterocycles. The van der Waals surface area contributed by atoms with Crippen molar-refractivity contribution in [1.29, 1.82) is 0 Å². The Balaban J connectivity index is 2.29. The smallest absolute Gasteiger partial charge is 0.130 e. The van der Waals surface area contributed by atoms with Crippen LogP contribution in [0.2, 0.25) is 0 Å². The molecule has 19 heavy (non-hydrogen) atoms. The maximum atomic E-state index is 6.01. The summed E-state index contributed by atoms with van der Waals surface area (Å²) in [5.41, 5.74) is 8.20. The zero-order chi connectivity index (χ0) is 13.8. The lowest BCUT2D eigenvalue weighted by Crippen LogP contribution is -2.04. The van der Waals surface area contributed by atoms with Gasteiger partial charge in [-0.15, -0.1) is 0 Å². The molecule has 0 aromatic heterocycles. The molecule has 100 valence electrons. The maximum Gasteiger partial charge on any atom is 0.130 e. The van der Waals surface area contributed by atoms with Gasteiger partial charge in [0.1, 0.15) is 11.5 Å². The molecule has 0 saturated carbocycles. The molecule has 0 amide bonds. The van der Waals surface area contributed by atoms with Gasteiger partial charge in [0.25, 0.3) is 0 Å². The summed E-state index contributed by atoms with van der Waals surface area (Å²) in [6, 6.07) is 16.1. The fourth-order valence-corrected chi connectivity index (χ4v) is 2.04. The van der Waals surface area contributed by atoms with Crippen molar-refractivity contribution in [2.24, 2.45) is 5.73 Å². The summed E-state index contributed by atoms with van der Waals surface area (Å²) in [5.74, 6) is 2.19. The fraction of sp³-hybridized carbons (Fsp3) is 0.294. The summed E-state index contributed by atoms with van der Waals surface area (Å²) >= 11 is 0. The Morgan fingerprint density at radius 3 is 2.37 bits per heavy atom. The third-order valence-corrected chi connectivity index (χ3v) is 3.15. The number of para-hydroxylation sites is 1. The molecule has 0 bridgehead atoms. The lowest BCUT2D eigenvalue weighted by molar-refractivity contribution is 0.472. The van der Waals surface area contributed by atoms with Crippen LogP contribution in [0, 0.1) is 0 Å². The second kappa shape index (κ2) is 5.89. The summed E-state index contributed by atoms with van der Waals surface area (Å²) in [6.45, 7) is 6.31. The van der Waals surface area contributed by atoms with Gasteiger partial charge in [0.05, 0.1) is 0 Å². The molecule has 2 rings (SSSR count). The van der Waals surface area contributed by atoms with Crippen LogP contribution >= 0.6 is 0 Å². The molecule has 0 radical (unpaired) electrons. The quantitative estimate of drug-likeness (QED) is 0.865. The van der Waals surface area contributed by atoms with Gasteiger partial charge in [-0.1, -0.05) is 44.2 Å². The molecule has 1 atom stereocenters. The van der Waals surface area contributed by atoms with Crippen LogP contribution in [-0.4, -0.2) is 0 Å². The molecule has 2 heteroatoms. The van der Waals surface area contributed by atoms with Crippen LogP contribution in [0.4, 0.5) is 0 Å². The Morgan fingerprint density at radius 2 is 1.68 bits per heavy atom. The second-order valence-corrected chi connectivity index (χ2v) is 5.16. The molecule has 2 aromatic rings. The van der Waals surface area contributed by atoms with Crippen molar-refractivity contribution in [3.63, 3.8) is 0 Å². The minimum Gasteiger partial charge on any atom is -0.457 e. The molecule has 0 spiro atoms. The highest BCUT2D eigenvalue weighted by atomic mass is 16.5. The van der Waals surface area contributed by atoms with E-state index in [-0.39, 0.29) is 6.04 Å². The number of ether oxygens (including phenoxy) is 1. The molecule has 1 unspecified atom stereocenters. The maximum absolute atomic E-state index is 6.01. The van der Waals surface area contributed by atoms with Crippen molar-refractivity contribution in [3.8, 4) is 11.5 Å². The predicted molar refractivity (Wildman–Crippen MR) is 79.6 cm³/mol. The highest BCUT2D eigenvalue weighted by molar-refractivity contribution is 5.40. The highest BCUT2D eigenvalue weighted by Crippen LogP contribution is 2.31. The average molecular weight is 255 g/mol. The van der Waals surface area contributed by atoms with Crippen LogP contribution < -0.4 is 10.5 Å². The summed E-state index contributed by atoms with van der Waals surface area (Å²) in [4.78, 5) is 0. The summed E-state index contributed by atoms with van der Waals surface area (Å²) in [7, 11) is 0. The number of hydrogen-bond donors (Lipinski definition) is 1. The lowest BCUT2D eigenvalue weighted by atomic mass is 10.0. The Labute approximate surface area is 115 Å². The van der Waals surface area contributed by atoms with Gasteiger partial charge in [0.2, 0.25) is 0 Å². The number of hydrogen-bond acceptors (Lipinski definition) is 2. The van der Waals surface area contributed by atoms with Crippen molar-refractivity contribution in [1.82, 2.24) is 0 Å². The first-order chi connectivity index (χ1) is 9.08. The Kier molecular flexibility index (Phi) is 4.23. The van der Waals surface area contributed by atoms with Crippen molar-refractivity contribution in [2.75, 3.05) is 0 Å². The zero-order valence-electron chi connectivity index (χ0n) is 11.8. The topological polar surface area (TPSA) is 35.2 Å². The molecule has 0 aliphatic rings. The summed E-state index contributed by atoms with van der Waals surface area (Å²) in [6.07, 6.45) is 0.